The number of ketones is 2. The van der Waals surface area contributed by atoms with E-state index in [1.807, 2.05) is 26.0 Å². The number of benzene rings is 2. The van der Waals surface area contributed by atoms with Gasteiger partial charge in [-0.15, -0.1) is 0 Å². The Morgan fingerprint density at radius 3 is 2.40 bits per heavy atom. The van der Waals surface area contributed by atoms with Crippen LogP contribution in [0.15, 0.2) is 42.5 Å². The molecule has 0 spiro atoms. The first-order valence-electron chi connectivity index (χ1n) is 7.86. The molecule has 0 amide bonds. The van der Waals surface area contributed by atoms with Crippen LogP contribution >= 0.6 is 0 Å². The van der Waals surface area contributed by atoms with Crippen molar-refractivity contribution in [3.63, 3.8) is 0 Å². The summed E-state index contributed by atoms with van der Waals surface area (Å²) in [4.78, 5) is 24.6. The van der Waals surface area contributed by atoms with Gasteiger partial charge in [0, 0.05) is 17.2 Å². The number of phenolic OH excluding ortho intramolecular Hbond substituents is 2. The van der Waals surface area contributed by atoms with Crippen LogP contribution in [-0.2, 0) is 0 Å². The van der Waals surface area contributed by atoms with Crippen LogP contribution in [0.2, 0.25) is 0 Å². The molecular weight excluding hydrogens is 320 g/mol. The third-order valence-corrected chi connectivity index (χ3v) is 3.98. The van der Waals surface area contributed by atoms with Gasteiger partial charge in [0.1, 0.15) is 22.8 Å². The minimum absolute atomic E-state index is 0.0462. The molecule has 25 heavy (non-hydrogen) atoms. The van der Waals surface area contributed by atoms with Crippen molar-refractivity contribution in [1.82, 2.24) is 0 Å². The zero-order valence-corrected chi connectivity index (χ0v) is 13.9. The Hall–Kier alpha value is -3.08. The Morgan fingerprint density at radius 1 is 1.04 bits per heavy atom. The number of ether oxygens (including phenoxy) is 1. The predicted molar refractivity (Wildman–Crippen MR) is 93.2 cm³/mol. The first kappa shape index (κ1) is 16.8. The topological polar surface area (TPSA) is 83.8 Å². The highest BCUT2D eigenvalue weighted by Crippen LogP contribution is 2.36. The minimum atomic E-state index is -0.486. The lowest BCUT2D eigenvalue weighted by molar-refractivity contribution is 0.0893. The van der Waals surface area contributed by atoms with Gasteiger partial charge in [0.05, 0.1) is 12.0 Å². The van der Waals surface area contributed by atoms with Crippen molar-refractivity contribution in [2.45, 2.75) is 25.9 Å². The molecule has 0 aromatic heterocycles. The van der Waals surface area contributed by atoms with Gasteiger partial charge in [-0.2, -0.15) is 0 Å². The Labute approximate surface area is 145 Å². The second kappa shape index (κ2) is 6.09. The Balaban J connectivity index is 1.83. The molecule has 0 saturated carbocycles. The van der Waals surface area contributed by atoms with Crippen molar-refractivity contribution in [1.29, 1.82) is 0 Å². The number of Topliss-reactive ketones (excluding diaryl/α,β-unsaturated/α-hetero) is 2. The fourth-order valence-corrected chi connectivity index (χ4v) is 2.63. The Kier molecular flexibility index (Phi) is 4.08. The molecule has 5 nitrogen and oxygen atoms in total. The standard InChI is InChI=1S/C20H18O5/c1-20(2)8-7-13-9-15(18(24)11-19(13)25-20)17(23)10-16(22)12-3-5-14(21)6-4-12/h3-9,11,21,24H,10H2,1-2H3. The summed E-state index contributed by atoms with van der Waals surface area (Å²) in [6.45, 7) is 3.78. The van der Waals surface area contributed by atoms with Crippen LogP contribution < -0.4 is 4.74 Å². The molecule has 0 aliphatic carbocycles. The van der Waals surface area contributed by atoms with Crippen LogP contribution in [0.25, 0.3) is 6.08 Å². The van der Waals surface area contributed by atoms with Crippen molar-refractivity contribution in [3.8, 4) is 17.2 Å². The van der Waals surface area contributed by atoms with E-state index in [1.54, 1.807) is 0 Å². The van der Waals surface area contributed by atoms with E-state index < -0.39 is 11.4 Å². The third-order valence-electron chi connectivity index (χ3n) is 3.98. The molecule has 2 aromatic rings. The molecule has 0 unspecified atom stereocenters. The van der Waals surface area contributed by atoms with Crippen LogP contribution in [0, 0.1) is 0 Å². The van der Waals surface area contributed by atoms with Crippen LogP contribution in [0.4, 0.5) is 0 Å². The summed E-state index contributed by atoms with van der Waals surface area (Å²) in [6, 6.07) is 8.62. The first-order chi connectivity index (χ1) is 11.7. The van der Waals surface area contributed by atoms with Gasteiger partial charge < -0.3 is 14.9 Å². The van der Waals surface area contributed by atoms with E-state index >= 15 is 0 Å². The molecule has 1 heterocycles. The largest absolute Gasteiger partial charge is 0.508 e. The number of hydrogen-bond acceptors (Lipinski definition) is 5. The lowest BCUT2D eigenvalue weighted by Crippen LogP contribution is -2.27. The Bertz CT molecular complexity index is 876. The van der Waals surface area contributed by atoms with Crippen molar-refractivity contribution >= 4 is 17.6 Å². The summed E-state index contributed by atoms with van der Waals surface area (Å²) < 4.78 is 5.75. The average molecular weight is 338 g/mol. The number of carbonyl (C=O) groups is 2. The average Bonchev–Trinajstić information content (AvgIpc) is 2.53. The summed E-state index contributed by atoms with van der Waals surface area (Å²) in [5.41, 5.74) is 0.602. The molecule has 128 valence electrons. The molecule has 0 atom stereocenters. The van der Waals surface area contributed by atoms with E-state index in [4.69, 9.17) is 4.74 Å². The molecule has 1 aliphatic rings. The third kappa shape index (κ3) is 3.55. The van der Waals surface area contributed by atoms with Crippen molar-refractivity contribution in [2.24, 2.45) is 0 Å². The maximum atomic E-state index is 12.4. The highest BCUT2D eigenvalue weighted by molar-refractivity contribution is 6.14. The molecule has 2 aromatic carbocycles. The molecule has 0 fully saturated rings. The maximum Gasteiger partial charge on any atom is 0.174 e. The summed E-state index contributed by atoms with van der Waals surface area (Å²) >= 11 is 0. The quantitative estimate of drug-likeness (QED) is 0.655. The fraction of sp³-hybridized carbons (Fsp3) is 0.200. The van der Waals surface area contributed by atoms with Crippen LogP contribution in [0.3, 0.4) is 0 Å². The lowest BCUT2D eigenvalue weighted by atomic mass is 9.96. The van der Waals surface area contributed by atoms with E-state index in [9.17, 15) is 19.8 Å². The highest BCUT2D eigenvalue weighted by atomic mass is 16.5. The van der Waals surface area contributed by atoms with Crippen molar-refractivity contribution in [2.75, 3.05) is 0 Å². The summed E-state index contributed by atoms with van der Waals surface area (Å²) in [5.74, 6) is -0.531. The number of phenols is 2. The number of hydrogen-bond donors (Lipinski definition) is 2. The second-order valence-electron chi connectivity index (χ2n) is 6.52. The SMILES string of the molecule is CC1(C)C=Cc2cc(C(=O)CC(=O)c3ccc(O)cc3)c(O)cc2O1. The number of fused-ring (bicyclic) bond motifs is 1. The zero-order valence-electron chi connectivity index (χ0n) is 13.9. The van der Waals surface area contributed by atoms with Gasteiger partial charge >= 0.3 is 0 Å². The summed E-state index contributed by atoms with van der Waals surface area (Å²) in [7, 11) is 0. The van der Waals surface area contributed by atoms with Gasteiger partial charge in [0.2, 0.25) is 0 Å². The van der Waals surface area contributed by atoms with E-state index in [2.05, 4.69) is 0 Å². The summed E-state index contributed by atoms with van der Waals surface area (Å²) in [6.07, 6.45) is 3.33. The molecule has 0 bridgehead atoms. The zero-order chi connectivity index (χ0) is 18.2. The van der Waals surface area contributed by atoms with Gasteiger partial charge in [-0.3, -0.25) is 9.59 Å². The normalized spacial score (nSPS) is 14.5. The molecule has 5 heteroatoms. The molecule has 0 saturated heterocycles. The number of carbonyl (C=O) groups excluding carboxylic acids is 2. The van der Waals surface area contributed by atoms with Crippen molar-refractivity contribution in [3.05, 3.63) is 59.2 Å². The van der Waals surface area contributed by atoms with Crippen LogP contribution in [0.5, 0.6) is 17.2 Å². The lowest BCUT2D eigenvalue weighted by Gasteiger charge is -2.28. The van der Waals surface area contributed by atoms with E-state index in [1.165, 1.54) is 36.4 Å². The maximum absolute atomic E-state index is 12.4. The number of rotatable bonds is 4. The van der Waals surface area contributed by atoms with Gasteiger partial charge in [-0.1, -0.05) is 6.08 Å². The molecule has 1 aliphatic heterocycles. The van der Waals surface area contributed by atoms with E-state index in [0.717, 1.165) is 0 Å². The second-order valence-corrected chi connectivity index (χ2v) is 6.52. The number of aromatic hydroxyl groups is 2. The molecular formula is C20H18O5. The highest BCUT2D eigenvalue weighted by Gasteiger charge is 2.25. The molecule has 0 radical (unpaired) electrons. The monoisotopic (exact) mass is 338 g/mol. The minimum Gasteiger partial charge on any atom is -0.508 e. The fourth-order valence-electron chi connectivity index (χ4n) is 2.63. The summed E-state index contributed by atoms with van der Waals surface area (Å²) in [5, 5.41) is 19.4. The van der Waals surface area contributed by atoms with Crippen LogP contribution in [-0.4, -0.2) is 27.4 Å². The van der Waals surface area contributed by atoms with E-state index in [0.29, 0.717) is 16.9 Å². The van der Waals surface area contributed by atoms with Gasteiger partial charge in [-0.25, -0.2) is 0 Å². The van der Waals surface area contributed by atoms with Gasteiger partial charge in [-0.05, 0) is 50.3 Å². The predicted octanol–water partition coefficient (Wildman–Crippen LogP) is 3.74. The Morgan fingerprint density at radius 2 is 1.72 bits per heavy atom. The van der Waals surface area contributed by atoms with Crippen LogP contribution in [0.1, 0.15) is 46.5 Å². The van der Waals surface area contributed by atoms with Crippen molar-refractivity contribution < 1.29 is 24.5 Å². The first-order valence-corrected chi connectivity index (χ1v) is 7.86. The van der Waals surface area contributed by atoms with E-state index in [-0.39, 0.29) is 29.3 Å². The molecule has 3 rings (SSSR count). The van der Waals surface area contributed by atoms with Gasteiger partial charge in [0.25, 0.3) is 0 Å². The molecule has 2 N–H and O–H groups in total. The smallest absolute Gasteiger partial charge is 0.174 e. The van der Waals surface area contributed by atoms with Gasteiger partial charge in [0.15, 0.2) is 11.6 Å².